The topological polar surface area (TPSA) is 89.0 Å². The summed E-state index contributed by atoms with van der Waals surface area (Å²) >= 11 is 0. The normalized spacial score (nSPS) is 17.6. The molecule has 7 nitrogen and oxygen atoms in total. The SMILES string of the molecule is Cn1cnnc1-c1cc(F)ccc1-c1cccc(-c2nc3cc(CN[C@@H]4CCC[C@@H]4O)cc(F)c3o2)c1. The van der Waals surface area contributed by atoms with Crippen molar-refractivity contribution in [3.05, 3.63) is 78.1 Å². The first-order valence-electron chi connectivity index (χ1n) is 12.2. The van der Waals surface area contributed by atoms with Gasteiger partial charge in [0.25, 0.3) is 0 Å². The van der Waals surface area contributed by atoms with E-state index in [1.54, 1.807) is 30.1 Å². The summed E-state index contributed by atoms with van der Waals surface area (Å²) in [7, 11) is 1.80. The molecule has 9 heteroatoms. The summed E-state index contributed by atoms with van der Waals surface area (Å²) in [5.74, 6) is -0.0381. The van der Waals surface area contributed by atoms with Crippen molar-refractivity contribution in [3.63, 3.8) is 0 Å². The lowest BCUT2D eigenvalue weighted by Gasteiger charge is -2.16. The molecule has 3 aromatic carbocycles. The quantitative estimate of drug-likeness (QED) is 0.331. The van der Waals surface area contributed by atoms with Crippen molar-refractivity contribution in [3.8, 4) is 34.0 Å². The number of aromatic nitrogens is 4. The average molecular weight is 502 g/mol. The van der Waals surface area contributed by atoms with E-state index >= 15 is 0 Å². The van der Waals surface area contributed by atoms with E-state index in [1.807, 2.05) is 24.3 Å². The van der Waals surface area contributed by atoms with Gasteiger partial charge in [0.05, 0.1) is 6.10 Å². The number of oxazole rings is 1. The minimum atomic E-state index is -0.487. The lowest BCUT2D eigenvalue weighted by atomic mass is 9.97. The van der Waals surface area contributed by atoms with Crippen LogP contribution in [0.5, 0.6) is 0 Å². The van der Waals surface area contributed by atoms with Gasteiger partial charge in [0.1, 0.15) is 17.7 Å². The molecule has 6 rings (SSSR count). The monoisotopic (exact) mass is 501 g/mol. The Bertz CT molecular complexity index is 1600. The maximum atomic E-state index is 14.9. The van der Waals surface area contributed by atoms with Crippen molar-refractivity contribution in [2.75, 3.05) is 0 Å². The van der Waals surface area contributed by atoms with Crippen molar-refractivity contribution in [2.24, 2.45) is 7.05 Å². The molecule has 1 aliphatic carbocycles. The number of nitrogens with zero attached hydrogens (tertiary/aromatic N) is 4. The zero-order chi connectivity index (χ0) is 25.5. The third-order valence-corrected chi connectivity index (χ3v) is 6.91. The summed E-state index contributed by atoms with van der Waals surface area (Å²) in [5.41, 5.74) is 4.08. The van der Waals surface area contributed by atoms with Gasteiger partial charge in [0.15, 0.2) is 17.2 Å². The lowest BCUT2D eigenvalue weighted by Crippen LogP contribution is -2.35. The van der Waals surface area contributed by atoms with E-state index in [4.69, 9.17) is 4.42 Å². The first kappa shape index (κ1) is 23.4. The molecule has 188 valence electrons. The van der Waals surface area contributed by atoms with Crippen LogP contribution in [0, 0.1) is 11.6 Å². The van der Waals surface area contributed by atoms with Crippen molar-refractivity contribution in [1.29, 1.82) is 0 Å². The van der Waals surface area contributed by atoms with E-state index in [0.717, 1.165) is 36.0 Å². The highest BCUT2D eigenvalue weighted by Gasteiger charge is 2.24. The van der Waals surface area contributed by atoms with E-state index < -0.39 is 5.82 Å². The Morgan fingerprint density at radius 1 is 1.05 bits per heavy atom. The predicted molar refractivity (Wildman–Crippen MR) is 135 cm³/mol. The molecular weight excluding hydrogens is 476 g/mol. The van der Waals surface area contributed by atoms with Crippen LogP contribution in [-0.4, -0.2) is 37.0 Å². The average Bonchev–Trinajstić information content (AvgIpc) is 3.62. The molecule has 0 aliphatic heterocycles. The van der Waals surface area contributed by atoms with Gasteiger partial charge in [0.2, 0.25) is 5.89 Å². The van der Waals surface area contributed by atoms with E-state index in [1.165, 1.54) is 18.2 Å². The highest BCUT2D eigenvalue weighted by atomic mass is 19.1. The Kier molecular flexibility index (Phi) is 6.02. The fourth-order valence-electron chi connectivity index (χ4n) is 5.00. The van der Waals surface area contributed by atoms with Crippen LogP contribution in [0.15, 0.2) is 65.3 Å². The van der Waals surface area contributed by atoms with Crippen LogP contribution in [0.2, 0.25) is 0 Å². The van der Waals surface area contributed by atoms with Crippen molar-refractivity contribution >= 4 is 11.1 Å². The minimum absolute atomic E-state index is 0.0206. The van der Waals surface area contributed by atoms with Crippen LogP contribution in [0.3, 0.4) is 0 Å². The number of nitrogens with one attached hydrogen (secondary N) is 1. The van der Waals surface area contributed by atoms with E-state index in [2.05, 4.69) is 20.5 Å². The summed E-state index contributed by atoms with van der Waals surface area (Å²) in [6.45, 7) is 0.432. The molecule has 0 amide bonds. The smallest absolute Gasteiger partial charge is 0.227 e. The number of halogens is 2. The molecule has 2 heterocycles. The van der Waals surface area contributed by atoms with Gasteiger partial charge in [0, 0.05) is 30.8 Å². The molecule has 1 fully saturated rings. The number of rotatable bonds is 6. The fourth-order valence-corrected chi connectivity index (χ4v) is 5.00. The molecule has 1 aliphatic rings. The lowest BCUT2D eigenvalue weighted by molar-refractivity contribution is 0.148. The van der Waals surface area contributed by atoms with Gasteiger partial charge >= 0.3 is 0 Å². The number of aliphatic hydroxyl groups is 1. The van der Waals surface area contributed by atoms with E-state index in [0.29, 0.717) is 29.0 Å². The number of benzene rings is 3. The summed E-state index contributed by atoms with van der Waals surface area (Å²) in [4.78, 5) is 4.56. The molecule has 0 saturated heterocycles. The largest absolute Gasteiger partial charge is 0.433 e. The van der Waals surface area contributed by atoms with Crippen LogP contribution < -0.4 is 5.32 Å². The first-order chi connectivity index (χ1) is 18.0. The first-order valence-corrected chi connectivity index (χ1v) is 12.2. The van der Waals surface area contributed by atoms with Gasteiger partial charge in [-0.2, -0.15) is 0 Å². The molecule has 0 spiro atoms. The molecule has 2 atom stereocenters. The zero-order valence-electron chi connectivity index (χ0n) is 20.2. The number of fused-ring (bicyclic) bond motifs is 1. The molecule has 0 unspecified atom stereocenters. The Hall–Kier alpha value is -3.95. The summed E-state index contributed by atoms with van der Waals surface area (Å²) in [5, 5.41) is 21.4. The van der Waals surface area contributed by atoms with Gasteiger partial charge in [-0.3, -0.25) is 0 Å². The number of hydrogen-bond donors (Lipinski definition) is 2. The van der Waals surface area contributed by atoms with Crippen LogP contribution in [-0.2, 0) is 13.6 Å². The van der Waals surface area contributed by atoms with Crippen LogP contribution >= 0.6 is 0 Å². The standard InChI is InChI=1S/C28H25F2N5O2/c1-35-15-32-34-27(35)21-13-19(29)8-9-20(21)17-4-2-5-18(12-17)28-33-24-11-16(10-22(30)26(24)37-28)14-31-23-6-3-7-25(23)36/h2,4-5,8-13,15,23,25,31,36H,3,6-7,14H2,1H3/t23-,25+/m1/s1. The maximum absolute atomic E-state index is 14.9. The molecule has 5 aromatic rings. The summed E-state index contributed by atoms with van der Waals surface area (Å²) in [6, 6.07) is 15.3. The minimum Gasteiger partial charge on any atom is -0.433 e. The van der Waals surface area contributed by atoms with Crippen molar-refractivity contribution in [2.45, 2.75) is 38.0 Å². The van der Waals surface area contributed by atoms with Gasteiger partial charge in [-0.05, 0) is 72.4 Å². The molecule has 0 bridgehead atoms. The van der Waals surface area contributed by atoms with Gasteiger partial charge in [-0.1, -0.05) is 18.2 Å². The zero-order valence-corrected chi connectivity index (χ0v) is 20.2. The van der Waals surface area contributed by atoms with Crippen molar-refractivity contribution in [1.82, 2.24) is 25.1 Å². The highest BCUT2D eigenvalue weighted by molar-refractivity contribution is 5.83. The molecule has 2 N–H and O–H groups in total. The Morgan fingerprint density at radius 2 is 1.92 bits per heavy atom. The second kappa shape index (κ2) is 9.49. The van der Waals surface area contributed by atoms with Gasteiger partial charge in [-0.15, -0.1) is 10.2 Å². The third kappa shape index (κ3) is 4.52. The van der Waals surface area contributed by atoms with Crippen molar-refractivity contribution < 1.29 is 18.3 Å². The summed E-state index contributed by atoms with van der Waals surface area (Å²) in [6.07, 6.45) is 3.87. The maximum Gasteiger partial charge on any atom is 0.227 e. The number of aliphatic hydroxyl groups excluding tert-OH is 1. The Labute approximate surface area is 211 Å². The molecule has 37 heavy (non-hydrogen) atoms. The van der Waals surface area contributed by atoms with Crippen LogP contribution in [0.4, 0.5) is 8.78 Å². The van der Waals surface area contributed by atoms with Gasteiger partial charge in [-0.25, -0.2) is 13.8 Å². The second-order valence-corrected chi connectivity index (χ2v) is 9.47. The predicted octanol–water partition coefficient (Wildman–Crippen LogP) is 5.24. The van der Waals surface area contributed by atoms with Crippen LogP contribution in [0.1, 0.15) is 24.8 Å². The van der Waals surface area contributed by atoms with Crippen LogP contribution in [0.25, 0.3) is 45.1 Å². The number of aryl methyl sites for hydroxylation is 1. The van der Waals surface area contributed by atoms with E-state index in [-0.39, 0.29) is 29.4 Å². The number of hydrogen-bond acceptors (Lipinski definition) is 6. The molecule has 2 aromatic heterocycles. The summed E-state index contributed by atoms with van der Waals surface area (Å²) < 4.78 is 36.6. The molecule has 0 radical (unpaired) electrons. The van der Waals surface area contributed by atoms with E-state index in [9.17, 15) is 13.9 Å². The molecule has 1 saturated carbocycles. The third-order valence-electron chi connectivity index (χ3n) is 6.91. The highest BCUT2D eigenvalue weighted by Crippen LogP contribution is 2.35. The fraction of sp³-hybridized carbons (Fsp3) is 0.250. The Morgan fingerprint density at radius 3 is 2.70 bits per heavy atom. The Balaban J connectivity index is 1.33. The second-order valence-electron chi connectivity index (χ2n) is 9.47. The van der Waals surface area contributed by atoms with Gasteiger partial charge < -0.3 is 19.4 Å². The molecular formula is C28H25F2N5O2.